The fraction of sp³-hybridized carbons (Fsp3) is 0.417. The molecule has 92 valence electrons. The monoisotopic (exact) mass is 235 g/mol. The maximum absolute atomic E-state index is 11.0. The number of hydrogen-bond acceptors (Lipinski definition) is 4. The number of nitrogen functional groups attached to an aromatic ring is 1. The van der Waals surface area contributed by atoms with Crippen LogP contribution < -0.4 is 16.4 Å². The zero-order valence-corrected chi connectivity index (χ0v) is 9.79. The lowest BCUT2D eigenvalue weighted by Gasteiger charge is -2.29. The number of carboxylic acid groups (broad SMARTS) is 1. The van der Waals surface area contributed by atoms with Gasteiger partial charge in [0.05, 0.1) is 23.5 Å². The highest BCUT2D eigenvalue weighted by molar-refractivity contribution is 5.87. The minimum Gasteiger partial charge on any atom is -0.481 e. The first-order valence-corrected chi connectivity index (χ1v) is 5.73. The Morgan fingerprint density at radius 3 is 2.82 bits per heavy atom. The number of rotatable bonds is 4. The number of anilines is 3. The van der Waals surface area contributed by atoms with Gasteiger partial charge in [-0.25, -0.2) is 0 Å². The molecule has 0 fully saturated rings. The summed E-state index contributed by atoms with van der Waals surface area (Å²) in [5, 5.41) is 15.5. The summed E-state index contributed by atoms with van der Waals surface area (Å²) in [6.45, 7) is 2.03. The van der Waals surface area contributed by atoms with E-state index < -0.39 is 11.6 Å². The number of nitrogens with one attached hydrogen (secondary N) is 2. The molecule has 1 aliphatic heterocycles. The van der Waals surface area contributed by atoms with Crippen LogP contribution in [0.25, 0.3) is 0 Å². The number of benzene rings is 1. The summed E-state index contributed by atoms with van der Waals surface area (Å²) in [4.78, 5) is 11.0. The van der Waals surface area contributed by atoms with Gasteiger partial charge in [0, 0.05) is 0 Å². The quantitative estimate of drug-likeness (QED) is 0.600. The molecule has 1 heterocycles. The van der Waals surface area contributed by atoms with Gasteiger partial charge in [-0.15, -0.1) is 0 Å². The van der Waals surface area contributed by atoms with Crippen molar-refractivity contribution in [3.05, 3.63) is 18.2 Å². The van der Waals surface area contributed by atoms with Gasteiger partial charge in [-0.2, -0.15) is 0 Å². The van der Waals surface area contributed by atoms with E-state index in [4.69, 9.17) is 10.8 Å². The molecule has 2 rings (SSSR count). The molecule has 0 aromatic heterocycles. The highest BCUT2D eigenvalue weighted by atomic mass is 16.4. The van der Waals surface area contributed by atoms with Crippen LogP contribution in [0, 0.1) is 0 Å². The van der Waals surface area contributed by atoms with Gasteiger partial charge in [-0.1, -0.05) is 19.4 Å². The van der Waals surface area contributed by atoms with Gasteiger partial charge in [-0.05, 0) is 18.6 Å². The van der Waals surface area contributed by atoms with E-state index in [2.05, 4.69) is 10.6 Å². The second kappa shape index (κ2) is 4.16. The summed E-state index contributed by atoms with van der Waals surface area (Å²) in [6, 6.07) is 5.56. The fourth-order valence-corrected chi connectivity index (χ4v) is 2.33. The third kappa shape index (κ3) is 2.13. The molecule has 0 aliphatic carbocycles. The average Bonchev–Trinajstić information content (AvgIpc) is 2.57. The van der Waals surface area contributed by atoms with Crippen LogP contribution in [-0.4, -0.2) is 16.7 Å². The predicted octanol–water partition coefficient (Wildman–Crippen LogP) is 2.08. The SMILES string of the molecule is CCCC1(CC(=O)O)Nc2cccc(N)c2N1. The summed E-state index contributed by atoms with van der Waals surface area (Å²) < 4.78 is 0. The van der Waals surface area contributed by atoms with E-state index >= 15 is 0 Å². The predicted molar refractivity (Wildman–Crippen MR) is 68.0 cm³/mol. The Kier molecular flexibility index (Phi) is 2.83. The Bertz CT molecular complexity index is 447. The molecule has 0 saturated carbocycles. The van der Waals surface area contributed by atoms with Crippen LogP contribution >= 0.6 is 0 Å². The van der Waals surface area contributed by atoms with Gasteiger partial charge < -0.3 is 21.5 Å². The van der Waals surface area contributed by atoms with Gasteiger partial charge in [-0.3, -0.25) is 4.79 Å². The molecule has 0 saturated heterocycles. The molecule has 5 heteroatoms. The Balaban J connectivity index is 2.30. The van der Waals surface area contributed by atoms with Crippen LogP contribution in [0.1, 0.15) is 26.2 Å². The molecular formula is C12H17N3O2. The van der Waals surface area contributed by atoms with Crippen molar-refractivity contribution in [3.63, 3.8) is 0 Å². The van der Waals surface area contributed by atoms with Crippen molar-refractivity contribution in [2.45, 2.75) is 31.8 Å². The molecular weight excluding hydrogens is 218 g/mol. The van der Waals surface area contributed by atoms with E-state index in [9.17, 15) is 4.79 Å². The maximum atomic E-state index is 11.0. The largest absolute Gasteiger partial charge is 0.481 e. The molecule has 5 N–H and O–H groups in total. The molecule has 0 amide bonds. The number of carboxylic acids is 1. The highest BCUT2D eigenvalue weighted by Crippen LogP contribution is 2.41. The lowest BCUT2D eigenvalue weighted by atomic mass is 10.0. The smallest absolute Gasteiger partial charge is 0.307 e. The normalized spacial score (nSPS) is 21.5. The van der Waals surface area contributed by atoms with E-state index in [1.54, 1.807) is 6.07 Å². The Morgan fingerprint density at radius 1 is 1.47 bits per heavy atom. The van der Waals surface area contributed by atoms with Crippen molar-refractivity contribution in [1.29, 1.82) is 0 Å². The zero-order chi connectivity index (χ0) is 12.5. The van der Waals surface area contributed by atoms with Crippen molar-refractivity contribution in [2.75, 3.05) is 16.4 Å². The van der Waals surface area contributed by atoms with Crippen LogP contribution in [0.4, 0.5) is 17.1 Å². The van der Waals surface area contributed by atoms with E-state index in [-0.39, 0.29) is 6.42 Å². The zero-order valence-electron chi connectivity index (χ0n) is 9.79. The van der Waals surface area contributed by atoms with Crippen molar-refractivity contribution >= 4 is 23.0 Å². The number of aliphatic carboxylic acids is 1. The summed E-state index contributed by atoms with van der Waals surface area (Å²) >= 11 is 0. The van der Waals surface area contributed by atoms with Crippen molar-refractivity contribution in [3.8, 4) is 0 Å². The molecule has 1 aromatic carbocycles. The Hall–Kier alpha value is -1.91. The van der Waals surface area contributed by atoms with Crippen LogP contribution in [0.5, 0.6) is 0 Å². The molecule has 1 aliphatic rings. The van der Waals surface area contributed by atoms with E-state index in [1.165, 1.54) is 0 Å². The highest BCUT2D eigenvalue weighted by Gasteiger charge is 2.38. The minimum absolute atomic E-state index is 0.0228. The minimum atomic E-state index is -0.829. The lowest BCUT2D eigenvalue weighted by Crippen LogP contribution is -2.43. The summed E-state index contributed by atoms with van der Waals surface area (Å²) in [5.74, 6) is -0.829. The van der Waals surface area contributed by atoms with E-state index in [0.717, 1.165) is 24.2 Å². The van der Waals surface area contributed by atoms with Gasteiger partial charge >= 0.3 is 5.97 Å². The van der Waals surface area contributed by atoms with Gasteiger partial charge in [0.15, 0.2) is 0 Å². The first-order chi connectivity index (χ1) is 8.06. The molecule has 1 aromatic rings. The lowest BCUT2D eigenvalue weighted by molar-refractivity contribution is -0.138. The van der Waals surface area contributed by atoms with Gasteiger partial charge in [0.2, 0.25) is 0 Å². The number of carbonyl (C=O) groups is 1. The third-order valence-corrected chi connectivity index (χ3v) is 2.96. The number of nitrogens with two attached hydrogens (primary N) is 1. The molecule has 0 bridgehead atoms. The molecule has 1 atom stereocenters. The van der Waals surface area contributed by atoms with Crippen LogP contribution in [0.2, 0.25) is 0 Å². The van der Waals surface area contributed by atoms with Crippen LogP contribution in [-0.2, 0) is 4.79 Å². The third-order valence-electron chi connectivity index (χ3n) is 2.96. The summed E-state index contributed by atoms with van der Waals surface area (Å²) in [6.07, 6.45) is 1.64. The van der Waals surface area contributed by atoms with Crippen molar-refractivity contribution in [2.24, 2.45) is 0 Å². The van der Waals surface area contributed by atoms with Crippen molar-refractivity contribution < 1.29 is 9.90 Å². The van der Waals surface area contributed by atoms with Crippen LogP contribution in [0.3, 0.4) is 0 Å². The average molecular weight is 235 g/mol. The summed E-state index contributed by atoms with van der Waals surface area (Å²) in [7, 11) is 0. The number of hydrogen-bond donors (Lipinski definition) is 4. The Labute approximate surface area is 100 Å². The molecule has 0 spiro atoms. The molecule has 17 heavy (non-hydrogen) atoms. The van der Waals surface area contributed by atoms with E-state index in [1.807, 2.05) is 19.1 Å². The molecule has 5 nitrogen and oxygen atoms in total. The summed E-state index contributed by atoms with van der Waals surface area (Å²) in [5.41, 5.74) is 7.58. The van der Waals surface area contributed by atoms with E-state index in [0.29, 0.717) is 5.69 Å². The number of fused-ring (bicyclic) bond motifs is 1. The number of para-hydroxylation sites is 1. The first-order valence-electron chi connectivity index (χ1n) is 5.73. The Morgan fingerprint density at radius 2 is 2.24 bits per heavy atom. The fourth-order valence-electron chi connectivity index (χ4n) is 2.33. The topological polar surface area (TPSA) is 87.4 Å². The maximum Gasteiger partial charge on any atom is 0.307 e. The van der Waals surface area contributed by atoms with Gasteiger partial charge in [0.1, 0.15) is 5.66 Å². The van der Waals surface area contributed by atoms with Gasteiger partial charge in [0.25, 0.3) is 0 Å². The standard InChI is InChI=1S/C12H17N3O2/c1-2-6-12(7-10(16)17)14-9-5-3-4-8(13)11(9)15-12/h3-5,14-15H,2,6-7,13H2,1H3,(H,16,17). The second-order valence-electron chi connectivity index (χ2n) is 4.42. The molecule has 1 unspecified atom stereocenters. The first kappa shape index (κ1) is 11.6. The second-order valence-corrected chi connectivity index (χ2v) is 4.42. The van der Waals surface area contributed by atoms with Crippen molar-refractivity contribution in [1.82, 2.24) is 0 Å². The molecule has 0 radical (unpaired) electrons. The van der Waals surface area contributed by atoms with Crippen LogP contribution in [0.15, 0.2) is 18.2 Å².